The Kier molecular flexibility index (Phi) is 7.01. The summed E-state index contributed by atoms with van der Waals surface area (Å²) in [5, 5.41) is 30.1. The minimum absolute atomic E-state index is 0.0484. The Morgan fingerprint density at radius 3 is 2.29 bits per heavy atom. The van der Waals surface area contributed by atoms with Crippen LogP contribution in [0.1, 0.15) is 106 Å². The lowest BCUT2D eigenvalue weighted by Crippen LogP contribution is -2.67. The van der Waals surface area contributed by atoms with E-state index in [4.69, 9.17) is 4.74 Å². The van der Waals surface area contributed by atoms with Gasteiger partial charge in [-0.3, -0.25) is 4.79 Å². The number of allylic oxidation sites excluding steroid dienone is 1. The van der Waals surface area contributed by atoms with Gasteiger partial charge in [-0.2, -0.15) is 0 Å². The highest BCUT2D eigenvalue weighted by Crippen LogP contribution is 2.77. The van der Waals surface area contributed by atoms with E-state index < -0.39 is 18.1 Å². The smallest absolute Gasteiger partial charge is 0.312 e. The summed E-state index contributed by atoms with van der Waals surface area (Å²) in [7, 11) is 0. The molecule has 0 radical (unpaired) electrons. The Hall–Kier alpha value is -0.910. The number of carbonyl (C=O) groups is 1. The van der Waals surface area contributed by atoms with Crippen LogP contribution in [-0.4, -0.2) is 46.7 Å². The van der Waals surface area contributed by atoms with Crippen molar-refractivity contribution in [1.29, 1.82) is 0 Å². The first-order valence-electron chi connectivity index (χ1n) is 15.5. The second kappa shape index (κ2) is 9.31. The Morgan fingerprint density at radius 1 is 0.921 bits per heavy atom. The number of rotatable bonds is 5. The van der Waals surface area contributed by atoms with Gasteiger partial charge in [-0.15, -0.1) is 0 Å². The van der Waals surface area contributed by atoms with Crippen LogP contribution in [0.3, 0.4) is 0 Å². The van der Waals surface area contributed by atoms with Crippen molar-refractivity contribution in [2.24, 2.45) is 56.7 Å². The van der Waals surface area contributed by atoms with Crippen molar-refractivity contribution >= 4 is 5.97 Å². The molecule has 0 saturated heterocycles. The molecule has 5 heteroatoms. The van der Waals surface area contributed by atoms with E-state index in [2.05, 4.69) is 48.1 Å². The topological polar surface area (TPSA) is 87.0 Å². The molecule has 216 valence electrons. The minimum atomic E-state index is -1.02. The highest BCUT2D eigenvalue weighted by molar-refractivity contribution is 5.78. The SMILES string of the molecule is C=C(C)[C@@H]1CC[C@]2(C(=O)OC[C@H](O)CO)CC[C@]3(C)C(CCC4[C@@]5(C)CC[C@H](O)C(C)(C)C5CC[C@]43C)C12. The number of aliphatic hydroxyl groups is 3. The van der Waals surface area contributed by atoms with E-state index in [-0.39, 0.29) is 46.3 Å². The summed E-state index contributed by atoms with van der Waals surface area (Å²) in [4.78, 5) is 13.8. The maximum atomic E-state index is 13.8. The molecule has 0 heterocycles. The van der Waals surface area contributed by atoms with Crippen LogP contribution >= 0.6 is 0 Å². The Labute approximate surface area is 230 Å². The summed E-state index contributed by atoms with van der Waals surface area (Å²) in [5.74, 6) is 2.01. The predicted octanol–water partition coefficient (Wildman–Crippen LogP) is 5.90. The Balaban J connectivity index is 1.51. The number of hydrogen-bond acceptors (Lipinski definition) is 5. The van der Waals surface area contributed by atoms with Gasteiger partial charge in [0, 0.05) is 0 Å². The molecule has 5 saturated carbocycles. The molecule has 0 aromatic carbocycles. The molecular weight excluding hydrogens is 476 g/mol. The zero-order chi connectivity index (χ0) is 27.9. The summed E-state index contributed by atoms with van der Waals surface area (Å²) >= 11 is 0. The number of aliphatic hydroxyl groups excluding tert-OH is 3. The van der Waals surface area contributed by atoms with Gasteiger partial charge in [0.15, 0.2) is 0 Å². The average molecular weight is 531 g/mol. The molecule has 4 unspecified atom stereocenters. The molecule has 11 atom stereocenters. The molecule has 0 aromatic heterocycles. The van der Waals surface area contributed by atoms with E-state index in [1.54, 1.807) is 0 Å². The third-order valence-corrected chi connectivity index (χ3v) is 14.1. The second-order valence-electron chi connectivity index (χ2n) is 15.7. The van der Waals surface area contributed by atoms with E-state index in [0.717, 1.165) is 44.9 Å². The van der Waals surface area contributed by atoms with Gasteiger partial charge < -0.3 is 20.1 Å². The molecule has 0 bridgehead atoms. The fraction of sp³-hybridized carbons (Fsp3) is 0.909. The molecule has 0 aromatic rings. The van der Waals surface area contributed by atoms with Gasteiger partial charge in [-0.1, -0.05) is 46.8 Å². The van der Waals surface area contributed by atoms with E-state index in [1.165, 1.54) is 24.8 Å². The van der Waals surface area contributed by atoms with Gasteiger partial charge in [0.2, 0.25) is 0 Å². The van der Waals surface area contributed by atoms with Crippen LogP contribution in [0.15, 0.2) is 12.2 Å². The maximum Gasteiger partial charge on any atom is 0.312 e. The third kappa shape index (κ3) is 3.69. The molecule has 5 aliphatic carbocycles. The van der Waals surface area contributed by atoms with E-state index in [0.29, 0.717) is 23.7 Å². The van der Waals surface area contributed by atoms with E-state index >= 15 is 0 Å². The van der Waals surface area contributed by atoms with Crippen molar-refractivity contribution in [2.75, 3.05) is 13.2 Å². The number of esters is 1. The summed E-state index contributed by atoms with van der Waals surface area (Å²) in [6, 6.07) is 0. The molecule has 0 aliphatic heterocycles. The van der Waals surface area contributed by atoms with Gasteiger partial charge in [0.05, 0.1) is 18.1 Å². The van der Waals surface area contributed by atoms with Crippen molar-refractivity contribution in [3.63, 3.8) is 0 Å². The molecular formula is C33H54O5. The maximum absolute atomic E-state index is 13.8. The first-order chi connectivity index (χ1) is 17.7. The van der Waals surface area contributed by atoms with Crippen molar-refractivity contribution in [2.45, 2.75) is 118 Å². The zero-order valence-electron chi connectivity index (χ0n) is 24.9. The van der Waals surface area contributed by atoms with Crippen molar-refractivity contribution in [3.8, 4) is 0 Å². The predicted molar refractivity (Wildman–Crippen MR) is 149 cm³/mol. The fourth-order valence-electron chi connectivity index (χ4n) is 11.9. The summed E-state index contributed by atoms with van der Waals surface area (Å²) in [6.45, 7) is 18.3. The zero-order valence-corrected chi connectivity index (χ0v) is 24.9. The van der Waals surface area contributed by atoms with E-state index in [1.807, 2.05) is 0 Å². The molecule has 5 rings (SSSR count). The molecule has 5 fully saturated rings. The van der Waals surface area contributed by atoms with Crippen LogP contribution in [0.4, 0.5) is 0 Å². The lowest BCUT2D eigenvalue weighted by atomic mass is 9.32. The summed E-state index contributed by atoms with van der Waals surface area (Å²) in [6.07, 6.45) is 9.20. The molecule has 0 spiro atoms. The highest BCUT2D eigenvalue weighted by atomic mass is 16.5. The van der Waals surface area contributed by atoms with E-state index in [9.17, 15) is 20.1 Å². The second-order valence-corrected chi connectivity index (χ2v) is 15.7. The number of hydrogen-bond donors (Lipinski definition) is 3. The van der Waals surface area contributed by atoms with Crippen LogP contribution in [0.25, 0.3) is 0 Å². The number of ether oxygens (including phenoxy) is 1. The normalized spacial score (nSPS) is 50.1. The highest BCUT2D eigenvalue weighted by Gasteiger charge is 2.72. The number of carbonyl (C=O) groups excluding carboxylic acids is 1. The number of fused-ring (bicyclic) bond motifs is 7. The molecule has 0 amide bonds. The minimum Gasteiger partial charge on any atom is -0.462 e. The Morgan fingerprint density at radius 2 is 1.63 bits per heavy atom. The molecule has 5 nitrogen and oxygen atoms in total. The quantitative estimate of drug-likeness (QED) is 0.304. The standard InChI is InChI=1S/C33H54O5/c1-20(2)22-10-15-33(28(37)38-19-21(35)18-34)17-16-31(6)23(27(22)33)8-9-25-30(5)13-12-26(36)29(3,4)24(30)11-14-32(25,31)7/h21-27,34-36H,1,8-19H2,2-7H3/t21-,22+,23?,24?,25?,26+,27?,30+,31-,32-,33+/m1/s1. The Bertz CT molecular complexity index is 959. The molecule has 38 heavy (non-hydrogen) atoms. The molecule has 5 aliphatic rings. The van der Waals surface area contributed by atoms with Gasteiger partial charge in [0.25, 0.3) is 0 Å². The van der Waals surface area contributed by atoms with Crippen molar-refractivity contribution < 1.29 is 24.9 Å². The average Bonchev–Trinajstić information content (AvgIpc) is 3.26. The van der Waals surface area contributed by atoms with Crippen LogP contribution in [0.2, 0.25) is 0 Å². The van der Waals surface area contributed by atoms with Crippen molar-refractivity contribution in [3.05, 3.63) is 12.2 Å². The largest absolute Gasteiger partial charge is 0.462 e. The van der Waals surface area contributed by atoms with Crippen LogP contribution < -0.4 is 0 Å². The first kappa shape index (κ1) is 28.6. The van der Waals surface area contributed by atoms with Gasteiger partial charge in [-0.25, -0.2) is 0 Å². The van der Waals surface area contributed by atoms with Crippen LogP contribution in [0, 0.1) is 56.7 Å². The lowest BCUT2D eigenvalue weighted by molar-refractivity contribution is -0.248. The summed E-state index contributed by atoms with van der Waals surface area (Å²) in [5.41, 5.74) is 1.21. The fourth-order valence-corrected chi connectivity index (χ4v) is 11.9. The third-order valence-electron chi connectivity index (χ3n) is 14.1. The van der Waals surface area contributed by atoms with Gasteiger partial charge in [-0.05, 0) is 122 Å². The van der Waals surface area contributed by atoms with Crippen LogP contribution in [-0.2, 0) is 9.53 Å². The van der Waals surface area contributed by atoms with Gasteiger partial charge in [0.1, 0.15) is 12.7 Å². The van der Waals surface area contributed by atoms with Gasteiger partial charge >= 0.3 is 5.97 Å². The lowest BCUT2D eigenvalue weighted by Gasteiger charge is -2.72. The first-order valence-corrected chi connectivity index (χ1v) is 15.5. The monoisotopic (exact) mass is 530 g/mol. The van der Waals surface area contributed by atoms with Crippen LogP contribution in [0.5, 0.6) is 0 Å². The van der Waals surface area contributed by atoms with Crippen molar-refractivity contribution in [1.82, 2.24) is 0 Å². The molecule has 3 N–H and O–H groups in total. The summed E-state index contributed by atoms with van der Waals surface area (Å²) < 4.78 is 5.73.